The molecule has 1 aliphatic heterocycles. The summed E-state index contributed by atoms with van der Waals surface area (Å²) in [6, 6.07) is 8.44. The molecule has 0 bridgehead atoms. The summed E-state index contributed by atoms with van der Waals surface area (Å²) in [6.07, 6.45) is 0. The second-order valence-corrected chi connectivity index (χ2v) is 7.05. The maximum absolute atomic E-state index is 12.9. The molecule has 1 atom stereocenters. The second-order valence-electron chi connectivity index (χ2n) is 7.05. The molecule has 2 aromatic rings. The molecule has 0 aliphatic carbocycles. The Morgan fingerprint density at radius 3 is 2.78 bits per heavy atom. The minimum Gasteiger partial charge on any atom is -0.379 e. The lowest BCUT2D eigenvalue weighted by molar-refractivity contribution is 0.0735. The maximum atomic E-state index is 12.9. The Morgan fingerprint density at radius 1 is 1.37 bits per heavy atom. The smallest absolute Gasteiger partial charge is 0.253 e. The molecule has 1 unspecified atom stereocenters. The number of nitrogen functional groups attached to an aromatic ring is 1. The lowest BCUT2D eigenvalue weighted by atomic mass is 10.1. The van der Waals surface area contributed by atoms with E-state index in [0.717, 1.165) is 12.1 Å². The Morgan fingerprint density at radius 2 is 2.11 bits per heavy atom. The van der Waals surface area contributed by atoms with Gasteiger partial charge in [-0.2, -0.15) is 0 Å². The molecule has 1 saturated heterocycles. The van der Waals surface area contributed by atoms with E-state index in [-0.39, 0.29) is 23.3 Å². The number of hydrogen-bond acceptors (Lipinski definition) is 6. The van der Waals surface area contributed by atoms with Crippen molar-refractivity contribution in [1.29, 1.82) is 0 Å². The lowest BCUT2D eigenvalue weighted by Gasteiger charge is -2.25. The minimum absolute atomic E-state index is 0.0193. The van der Waals surface area contributed by atoms with Crippen LogP contribution >= 0.6 is 0 Å². The molecule has 27 heavy (non-hydrogen) atoms. The van der Waals surface area contributed by atoms with Gasteiger partial charge in [-0.15, -0.1) is 0 Å². The predicted molar refractivity (Wildman–Crippen MR) is 103 cm³/mol. The van der Waals surface area contributed by atoms with Crippen molar-refractivity contribution < 1.29 is 9.53 Å². The first-order chi connectivity index (χ1) is 12.9. The van der Waals surface area contributed by atoms with Crippen LogP contribution in [0.5, 0.6) is 0 Å². The van der Waals surface area contributed by atoms with E-state index in [4.69, 9.17) is 10.5 Å². The molecular formula is C19H25N5O3. The Balaban J connectivity index is 1.75. The molecule has 8 heteroatoms. The van der Waals surface area contributed by atoms with Crippen LogP contribution in [0.1, 0.15) is 10.4 Å². The van der Waals surface area contributed by atoms with Crippen LogP contribution in [0.4, 0.5) is 5.95 Å². The Bertz CT molecular complexity index is 847. The van der Waals surface area contributed by atoms with Crippen LogP contribution < -0.4 is 11.3 Å². The third-order valence-corrected chi connectivity index (χ3v) is 4.44. The zero-order valence-corrected chi connectivity index (χ0v) is 15.6. The van der Waals surface area contributed by atoms with Gasteiger partial charge in [-0.1, -0.05) is 12.1 Å². The fraction of sp³-hybridized carbons (Fsp3) is 0.421. The molecule has 1 aromatic carbocycles. The topological polar surface area (TPSA) is 105 Å². The molecule has 3 rings (SSSR count). The minimum atomic E-state index is -0.311. The number of hydrogen-bond donors (Lipinski definition) is 2. The summed E-state index contributed by atoms with van der Waals surface area (Å²) >= 11 is 0. The van der Waals surface area contributed by atoms with E-state index < -0.39 is 0 Å². The van der Waals surface area contributed by atoms with Crippen LogP contribution in [0, 0.1) is 5.92 Å². The number of amides is 1. The molecule has 2 heterocycles. The molecular weight excluding hydrogens is 346 g/mol. The largest absolute Gasteiger partial charge is 0.379 e. The van der Waals surface area contributed by atoms with Crippen LogP contribution in [0.3, 0.4) is 0 Å². The van der Waals surface area contributed by atoms with Gasteiger partial charge in [-0.05, 0) is 26.2 Å². The Labute approximate surface area is 158 Å². The van der Waals surface area contributed by atoms with Gasteiger partial charge in [0.2, 0.25) is 5.95 Å². The number of H-pyrrole nitrogens is 1. The molecule has 1 fully saturated rings. The average Bonchev–Trinajstić information content (AvgIpc) is 2.85. The molecule has 1 aromatic heterocycles. The molecule has 3 N–H and O–H groups in total. The normalized spacial score (nSPS) is 17.7. The molecule has 1 aliphatic rings. The highest BCUT2D eigenvalue weighted by Crippen LogP contribution is 2.18. The van der Waals surface area contributed by atoms with Gasteiger partial charge in [0.05, 0.1) is 18.9 Å². The van der Waals surface area contributed by atoms with E-state index in [0.29, 0.717) is 37.6 Å². The number of nitrogens with zero attached hydrogens (tertiary/aromatic N) is 3. The SMILES string of the molecule is CN(C)CC1COCCN(C(=O)c2ccc(-c3cc(=O)[nH]c(N)n3)cc2)C1. The summed E-state index contributed by atoms with van der Waals surface area (Å²) in [4.78, 5) is 35.0. The standard InChI is InChI=1S/C19H25N5O3/c1-23(2)10-13-11-24(7-8-27-12-13)18(26)15-5-3-14(4-6-15)16-9-17(25)22-19(20)21-16/h3-6,9,13H,7-8,10-12H2,1-2H3,(H3,20,21,22,25). The van der Waals surface area contributed by atoms with E-state index in [9.17, 15) is 9.59 Å². The average molecular weight is 371 g/mol. The monoisotopic (exact) mass is 371 g/mol. The second kappa shape index (κ2) is 8.32. The van der Waals surface area contributed by atoms with Gasteiger partial charge in [0.15, 0.2) is 0 Å². The van der Waals surface area contributed by atoms with Crippen LogP contribution in [0.15, 0.2) is 35.1 Å². The number of ether oxygens (including phenoxy) is 1. The van der Waals surface area contributed by atoms with Crippen molar-refractivity contribution in [2.75, 3.05) is 52.7 Å². The van der Waals surface area contributed by atoms with E-state index in [1.165, 1.54) is 6.07 Å². The fourth-order valence-corrected chi connectivity index (χ4v) is 3.28. The number of rotatable bonds is 4. The van der Waals surface area contributed by atoms with Crippen LogP contribution in [-0.2, 0) is 4.74 Å². The van der Waals surface area contributed by atoms with Crippen LogP contribution in [0.2, 0.25) is 0 Å². The molecule has 0 saturated carbocycles. The first kappa shape index (κ1) is 19.1. The van der Waals surface area contributed by atoms with Gasteiger partial charge in [0.1, 0.15) is 0 Å². The zero-order chi connectivity index (χ0) is 19.4. The van der Waals surface area contributed by atoms with Crippen molar-refractivity contribution in [3.05, 3.63) is 46.2 Å². The summed E-state index contributed by atoms with van der Waals surface area (Å²) in [5.74, 6) is 0.331. The summed E-state index contributed by atoms with van der Waals surface area (Å²) in [5.41, 5.74) is 7.09. The highest BCUT2D eigenvalue weighted by Gasteiger charge is 2.23. The first-order valence-electron chi connectivity index (χ1n) is 8.91. The van der Waals surface area contributed by atoms with E-state index in [1.54, 1.807) is 24.3 Å². The molecule has 0 spiro atoms. The van der Waals surface area contributed by atoms with Crippen LogP contribution in [0.25, 0.3) is 11.3 Å². The van der Waals surface area contributed by atoms with E-state index in [1.807, 2.05) is 19.0 Å². The van der Waals surface area contributed by atoms with Gasteiger partial charge in [-0.25, -0.2) is 4.98 Å². The lowest BCUT2D eigenvalue weighted by Crippen LogP contribution is -2.38. The predicted octanol–water partition coefficient (Wildman–Crippen LogP) is 0.669. The van der Waals surface area contributed by atoms with E-state index >= 15 is 0 Å². The van der Waals surface area contributed by atoms with Crippen molar-refractivity contribution >= 4 is 11.9 Å². The number of carbonyl (C=O) groups is 1. The molecule has 1 amide bonds. The quantitative estimate of drug-likeness (QED) is 0.819. The van der Waals surface area contributed by atoms with Crippen molar-refractivity contribution in [2.24, 2.45) is 5.92 Å². The number of aromatic amines is 1. The highest BCUT2D eigenvalue weighted by atomic mass is 16.5. The van der Waals surface area contributed by atoms with Crippen molar-refractivity contribution in [2.45, 2.75) is 0 Å². The van der Waals surface area contributed by atoms with Crippen molar-refractivity contribution in [3.63, 3.8) is 0 Å². The molecule has 8 nitrogen and oxygen atoms in total. The molecule has 0 radical (unpaired) electrons. The number of benzene rings is 1. The summed E-state index contributed by atoms with van der Waals surface area (Å²) in [7, 11) is 4.04. The first-order valence-corrected chi connectivity index (χ1v) is 8.91. The summed E-state index contributed by atoms with van der Waals surface area (Å²) in [5, 5.41) is 0. The summed E-state index contributed by atoms with van der Waals surface area (Å²) < 4.78 is 5.65. The number of carbonyl (C=O) groups excluding carboxylic acids is 1. The highest BCUT2D eigenvalue weighted by molar-refractivity contribution is 5.94. The fourth-order valence-electron chi connectivity index (χ4n) is 3.28. The van der Waals surface area contributed by atoms with Crippen LogP contribution in [-0.4, -0.2) is 72.6 Å². The number of nitrogens with two attached hydrogens (primary N) is 1. The number of anilines is 1. The Hall–Kier alpha value is -2.71. The zero-order valence-electron chi connectivity index (χ0n) is 15.6. The number of aromatic nitrogens is 2. The van der Waals surface area contributed by atoms with Gasteiger partial charge < -0.3 is 20.3 Å². The van der Waals surface area contributed by atoms with Gasteiger partial charge >= 0.3 is 0 Å². The Kier molecular flexibility index (Phi) is 5.88. The van der Waals surface area contributed by atoms with Crippen molar-refractivity contribution in [1.82, 2.24) is 19.8 Å². The number of nitrogens with one attached hydrogen (secondary N) is 1. The van der Waals surface area contributed by atoms with Crippen molar-refractivity contribution in [3.8, 4) is 11.3 Å². The van der Waals surface area contributed by atoms with Gasteiger partial charge in [0, 0.05) is 42.7 Å². The maximum Gasteiger partial charge on any atom is 0.253 e. The molecule has 144 valence electrons. The summed E-state index contributed by atoms with van der Waals surface area (Å²) in [6.45, 7) is 3.33. The third-order valence-electron chi connectivity index (χ3n) is 4.44. The third kappa shape index (κ3) is 4.93. The van der Waals surface area contributed by atoms with Gasteiger partial charge in [0.25, 0.3) is 11.5 Å². The van der Waals surface area contributed by atoms with Gasteiger partial charge in [-0.3, -0.25) is 14.6 Å². The van der Waals surface area contributed by atoms with E-state index in [2.05, 4.69) is 14.9 Å².